The van der Waals surface area contributed by atoms with Gasteiger partial charge in [-0.25, -0.2) is 12.8 Å². The van der Waals surface area contributed by atoms with E-state index >= 15 is 0 Å². The quantitative estimate of drug-likeness (QED) is 0.906. The molecule has 1 saturated heterocycles. The Bertz CT molecular complexity index is 586. The fourth-order valence-electron chi connectivity index (χ4n) is 2.23. The smallest absolute Gasteiger partial charge is 0.243 e. The van der Waals surface area contributed by atoms with Crippen molar-refractivity contribution >= 4 is 21.6 Å². The molecule has 0 atom stereocenters. The Morgan fingerprint density at radius 3 is 2.60 bits per heavy atom. The lowest BCUT2D eigenvalue weighted by Gasteiger charge is -2.17. The Morgan fingerprint density at radius 2 is 2.00 bits per heavy atom. The van der Waals surface area contributed by atoms with Crippen LogP contribution in [0.2, 0.25) is 5.02 Å². The fourth-order valence-corrected chi connectivity index (χ4v) is 3.99. The van der Waals surface area contributed by atoms with E-state index < -0.39 is 15.8 Å². The highest BCUT2D eigenvalue weighted by molar-refractivity contribution is 7.89. The van der Waals surface area contributed by atoms with E-state index in [1.54, 1.807) is 0 Å². The van der Waals surface area contributed by atoms with E-state index in [-0.39, 0.29) is 9.92 Å². The minimum Gasteiger partial charge on any atom is -0.313 e. The van der Waals surface area contributed by atoms with Gasteiger partial charge in [-0.15, -0.1) is 0 Å². The van der Waals surface area contributed by atoms with Gasteiger partial charge in [0.05, 0.1) is 9.92 Å². The predicted octanol–water partition coefficient (Wildman–Crippen LogP) is 2.37. The Balaban J connectivity index is 2.38. The molecule has 7 heteroatoms. The van der Waals surface area contributed by atoms with Crippen LogP contribution in [0.4, 0.5) is 4.39 Å². The number of sulfonamides is 1. The maximum atomic E-state index is 13.8. The molecule has 1 N–H and O–H groups in total. The van der Waals surface area contributed by atoms with Crippen molar-refractivity contribution in [1.29, 1.82) is 0 Å². The molecule has 0 aromatic heterocycles. The number of nitrogens with zero attached hydrogens (tertiary/aromatic N) is 1. The summed E-state index contributed by atoms with van der Waals surface area (Å²) in [4.78, 5) is -0.0193. The summed E-state index contributed by atoms with van der Waals surface area (Å²) in [5.74, 6) is -0.695. The Labute approximate surface area is 124 Å². The van der Waals surface area contributed by atoms with Crippen LogP contribution in [0, 0.1) is 5.82 Å². The second-order valence-corrected chi connectivity index (χ2v) is 7.09. The lowest BCUT2D eigenvalue weighted by atomic mass is 10.2. The summed E-state index contributed by atoms with van der Waals surface area (Å²) in [5.41, 5.74) is 0.464. The van der Waals surface area contributed by atoms with Gasteiger partial charge in [0.1, 0.15) is 5.82 Å². The average molecular weight is 321 g/mol. The van der Waals surface area contributed by atoms with E-state index in [1.807, 2.05) is 6.92 Å². The van der Waals surface area contributed by atoms with Crippen molar-refractivity contribution in [3.05, 3.63) is 28.5 Å². The molecular weight excluding hydrogens is 303 g/mol. The molecule has 0 unspecified atom stereocenters. The van der Waals surface area contributed by atoms with Crippen LogP contribution >= 0.6 is 11.6 Å². The molecular formula is C13H18ClFN2O2S. The molecule has 0 saturated carbocycles. The van der Waals surface area contributed by atoms with E-state index in [0.717, 1.165) is 18.9 Å². The van der Waals surface area contributed by atoms with Crippen LogP contribution in [-0.2, 0) is 16.6 Å². The monoisotopic (exact) mass is 320 g/mol. The van der Waals surface area contributed by atoms with Crippen LogP contribution in [0.3, 0.4) is 0 Å². The molecule has 20 heavy (non-hydrogen) atoms. The molecule has 1 aliphatic heterocycles. The molecule has 1 aromatic rings. The predicted molar refractivity (Wildman–Crippen MR) is 76.8 cm³/mol. The van der Waals surface area contributed by atoms with Gasteiger partial charge in [0.25, 0.3) is 0 Å². The summed E-state index contributed by atoms with van der Waals surface area (Å²) in [6, 6.07) is 2.47. The zero-order chi connectivity index (χ0) is 14.8. The van der Waals surface area contributed by atoms with E-state index in [9.17, 15) is 12.8 Å². The van der Waals surface area contributed by atoms with Gasteiger partial charge >= 0.3 is 0 Å². The van der Waals surface area contributed by atoms with Crippen LogP contribution < -0.4 is 5.32 Å². The molecule has 1 aromatic carbocycles. The van der Waals surface area contributed by atoms with Gasteiger partial charge < -0.3 is 5.32 Å². The number of hydrogen-bond donors (Lipinski definition) is 1. The molecule has 0 bridgehead atoms. The largest absolute Gasteiger partial charge is 0.313 e. The highest BCUT2D eigenvalue weighted by Crippen LogP contribution is 2.27. The molecule has 4 nitrogen and oxygen atoms in total. The number of nitrogens with one attached hydrogen (secondary N) is 1. The number of rotatable bonds is 5. The lowest BCUT2D eigenvalue weighted by molar-refractivity contribution is 0.476. The Kier molecular flexibility index (Phi) is 5.01. The van der Waals surface area contributed by atoms with Crippen molar-refractivity contribution in [1.82, 2.24) is 9.62 Å². The van der Waals surface area contributed by atoms with Crippen molar-refractivity contribution in [2.75, 3.05) is 19.6 Å². The first-order chi connectivity index (χ1) is 9.46. The lowest BCUT2D eigenvalue weighted by Crippen LogP contribution is -2.28. The van der Waals surface area contributed by atoms with Crippen LogP contribution in [0.25, 0.3) is 0 Å². The molecule has 1 aliphatic rings. The minimum absolute atomic E-state index is 0.0193. The molecule has 0 amide bonds. The van der Waals surface area contributed by atoms with Crippen LogP contribution in [0.5, 0.6) is 0 Å². The third-order valence-electron chi connectivity index (χ3n) is 3.35. The number of hydrogen-bond acceptors (Lipinski definition) is 3. The summed E-state index contributed by atoms with van der Waals surface area (Å²) < 4.78 is 40.1. The third kappa shape index (κ3) is 3.14. The first-order valence-corrected chi connectivity index (χ1v) is 8.47. The summed E-state index contributed by atoms with van der Waals surface area (Å²) in [5, 5.41) is 3.00. The van der Waals surface area contributed by atoms with Crippen molar-refractivity contribution in [2.24, 2.45) is 0 Å². The number of benzene rings is 1. The molecule has 1 fully saturated rings. The summed E-state index contributed by atoms with van der Waals surface area (Å²) in [7, 11) is -3.62. The maximum Gasteiger partial charge on any atom is 0.243 e. The average Bonchev–Trinajstić information content (AvgIpc) is 2.94. The first kappa shape index (κ1) is 15.7. The van der Waals surface area contributed by atoms with Gasteiger partial charge in [0, 0.05) is 19.6 Å². The SMILES string of the molecule is CCNCc1cc(S(=O)(=O)N2CCCC2)cc(F)c1Cl. The molecule has 2 rings (SSSR count). The van der Waals surface area contributed by atoms with Gasteiger partial charge in [-0.1, -0.05) is 18.5 Å². The van der Waals surface area contributed by atoms with Gasteiger partial charge in [-0.3, -0.25) is 0 Å². The van der Waals surface area contributed by atoms with Crippen molar-refractivity contribution < 1.29 is 12.8 Å². The van der Waals surface area contributed by atoms with E-state index in [4.69, 9.17) is 11.6 Å². The zero-order valence-corrected chi connectivity index (χ0v) is 12.9. The van der Waals surface area contributed by atoms with Crippen molar-refractivity contribution in [3.8, 4) is 0 Å². The molecule has 1 heterocycles. The summed E-state index contributed by atoms with van der Waals surface area (Å²) in [6.07, 6.45) is 1.69. The van der Waals surface area contributed by atoms with Crippen LogP contribution in [0.15, 0.2) is 17.0 Å². The molecule has 112 valence electrons. The minimum atomic E-state index is -3.62. The first-order valence-electron chi connectivity index (χ1n) is 6.65. The summed E-state index contributed by atoms with van der Waals surface area (Å²) >= 11 is 5.89. The molecule has 0 spiro atoms. The third-order valence-corrected chi connectivity index (χ3v) is 5.65. The van der Waals surface area contributed by atoms with Crippen molar-refractivity contribution in [2.45, 2.75) is 31.2 Å². The Morgan fingerprint density at radius 1 is 1.35 bits per heavy atom. The van der Waals surface area contributed by atoms with Crippen molar-refractivity contribution in [3.63, 3.8) is 0 Å². The summed E-state index contributed by atoms with van der Waals surface area (Å²) in [6.45, 7) is 3.94. The van der Waals surface area contributed by atoms with Crippen LogP contribution in [-0.4, -0.2) is 32.4 Å². The normalized spacial score (nSPS) is 16.8. The zero-order valence-electron chi connectivity index (χ0n) is 11.3. The standard InChI is InChI=1S/C13H18ClFN2O2S/c1-2-16-9-10-7-11(8-12(15)13(10)14)20(18,19)17-5-3-4-6-17/h7-8,16H,2-6,9H2,1H3. The van der Waals surface area contributed by atoms with E-state index in [0.29, 0.717) is 31.7 Å². The highest BCUT2D eigenvalue weighted by atomic mass is 35.5. The number of halogens is 2. The van der Waals surface area contributed by atoms with Gasteiger partial charge in [-0.2, -0.15) is 4.31 Å². The Hall–Kier alpha value is -0.690. The van der Waals surface area contributed by atoms with Crippen LogP contribution in [0.1, 0.15) is 25.3 Å². The topological polar surface area (TPSA) is 49.4 Å². The second kappa shape index (κ2) is 6.39. The van der Waals surface area contributed by atoms with Gasteiger partial charge in [0.2, 0.25) is 10.0 Å². The fraction of sp³-hybridized carbons (Fsp3) is 0.538. The molecule has 0 radical (unpaired) electrons. The second-order valence-electron chi connectivity index (χ2n) is 4.77. The van der Waals surface area contributed by atoms with Gasteiger partial charge in [-0.05, 0) is 37.1 Å². The maximum absolute atomic E-state index is 13.8. The van der Waals surface area contributed by atoms with E-state index in [1.165, 1.54) is 10.4 Å². The van der Waals surface area contributed by atoms with Gasteiger partial charge in [0.15, 0.2) is 0 Å². The van der Waals surface area contributed by atoms with E-state index in [2.05, 4.69) is 5.32 Å². The highest BCUT2D eigenvalue weighted by Gasteiger charge is 2.28. The molecule has 0 aliphatic carbocycles.